The van der Waals surface area contributed by atoms with Gasteiger partial charge in [0, 0.05) is 18.1 Å². The van der Waals surface area contributed by atoms with Gasteiger partial charge in [-0.3, -0.25) is 4.57 Å². The number of rotatable bonds is 4. The molecule has 0 fully saturated rings. The second-order valence-corrected chi connectivity index (χ2v) is 7.98. The molecule has 164 valence electrons. The van der Waals surface area contributed by atoms with Gasteiger partial charge in [0.15, 0.2) is 11.5 Å². The predicted octanol–water partition coefficient (Wildman–Crippen LogP) is 7.15. The van der Waals surface area contributed by atoms with Crippen LogP contribution in [0.15, 0.2) is 71.1 Å². The van der Waals surface area contributed by atoms with Crippen molar-refractivity contribution in [2.24, 2.45) is 0 Å². The van der Waals surface area contributed by atoms with Gasteiger partial charge in [0.2, 0.25) is 5.89 Å². The van der Waals surface area contributed by atoms with E-state index in [0.29, 0.717) is 28.5 Å². The number of aromatic nitrogens is 4. The average Bonchev–Trinajstić information content (AvgIpc) is 3.42. The van der Waals surface area contributed by atoms with Gasteiger partial charge in [0.05, 0.1) is 21.4 Å². The fourth-order valence-corrected chi connectivity index (χ4v) is 3.90. The lowest BCUT2D eigenvalue weighted by Crippen LogP contribution is -2.03. The summed E-state index contributed by atoms with van der Waals surface area (Å²) in [5, 5.41) is 7.85. The molecular formula is C24H14Cl2F2N4O. The molecule has 0 aliphatic carbocycles. The van der Waals surface area contributed by atoms with Crippen molar-refractivity contribution < 1.29 is 13.2 Å². The van der Waals surface area contributed by atoms with Crippen molar-refractivity contribution in [1.82, 2.24) is 19.7 Å². The number of benzene rings is 3. The number of halogens is 4. The summed E-state index contributed by atoms with van der Waals surface area (Å²) in [6.07, 6.45) is 0. The summed E-state index contributed by atoms with van der Waals surface area (Å²) in [7, 11) is 0. The minimum Gasteiger partial charge on any atom is -0.420 e. The van der Waals surface area contributed by atoms with Crippen LogP contribution in [0.5, 0.6) is 0 Å². The lowest BCUT2D eigenvalue weighted by Gasteiger charge is -2.15. The lowest BCUT2D eigenvalue weighted by molar-refractivity contribution is 0.531. The zero-order chi connectivity index (χ0) is 23.1. The van der Waals surface area contributed by atoms with Crippen LogP contribution in [0, 0.1) is 18.6 Å². The Hall–Kier alpha value is -3.55. The van der Waals surface area contributed by atoms with Crippen LogP contribution < -0.4 is 0 Å². The summed E-state index contributed by atoms with van der Waals surface area (Å²) in [6.45, 7) is 1.65. The molecule has 0 radical (unpaired) electrons. The van der Waals surface area contributed by atoms with E-state index >= 15 is 4.39 Å². The summed E-state index contributed by atoms with van der Waals surface area (Å²) in [5.41, 5.74) is 2.00. The largest absolute Gasteiger partial charge is 0.420 e. The minimum absolute atomic E-state index is 0.0570. The summed E-state index contributed by atoms with van der Waals surface area (Å²) >= 11 is 12.2. The van der Waals surface area contributed by atoms with Crippen molar-refractivity contribution in [3.05, 3.63) is 94.3 Å². The maximum absolute atomic E-state index is 15.3. The van der Waals surface area contributed by atoms with Gasteiger partial charge in [-0.1, -0.05) is 59.6 Å². The molecule has 0 saturated carbocycles. The van der Waals surface area contributed by atoms with E-state index in [-0.39, 0.29) is 27.3 Å². The minimum atomic E-state index is -0.642. The molecule has 9 heteroatoms. The van der Waals surface area contributed by atoms with E-state index in [2.05, 4.69) is 10.2 Å². The van der Waals surface area contributed by atoms with Gasteiger partial charge in [0.1, 0.15) is 11.6 Å². The molecule has 5 rings (SSSR count). The highest BCUT2D eigenvalue weighted by Gasteiger charge is 2.27. The number of hydrogen-bond donors (Lipinski definition) is 0. The number of imidazole rings is 1. The van der Waals surface area contributed by atoms with Crippen molar-refractivity contribution in [2.75, 3.05) is 0 Å². The van der Waals surface area contributed by atoms with Crippen molar-refractivity contribution in [3.63, 3.8) is 0 Å². The van der Waals surface area contributed by atoms with E-state index in [4.69, 9.17) is 32.6 Å². The van der Waals surface area contributed by atoms with Crippen LogP contribution in [0.3, 0.4) is 0 Å². The van der Waals surface area contributed by atoms with Crippen molar-refractivity contribution >= 4 is 23.2 Å². The van der Waals surface area contributed by atoms with Crippen LogP contribution in [0.4, 0.5) is 8.78 Å². The first-order valence-electron chi connectivity index (χ1n) is 9.82. The zero-order valence-electron chi connectivity index (χ0n) is 17.1. The Morgan fingerprint density at radius 1 is 0.848 bits per heavy atom. The van der Waals surface area contributed by atoms with Gasteiger partial charge in [-0.2, -0.15) is 0 Å². The van der Waals surface area contributed by atoms with E-state index < -0.39 is 11.6 Å². The molecule has 0 atom stereocenters. The zero-order valence-corrected chi connectivity index (χ0v) is 18.6. The topological polar surface area (TPSA) is 56.7 Å². The van der Waals surface area contributed by atoms with Crippen LogP contribution in [-0.4, -0.2) is 19.7 Å². The predicted molar refractivity (Wildman–Crippen MR) is 122 cm³/mol. The Balaban J connectivity index is 1.93. The molecule has 0 saturated heterocycles. The number of hydrogen-bond acceptors (Lipinski definition) is 4. The standard InChI is InChI=1S/C24H14Cl2F2N4O/c1-13-30-31-24(33-13)21-22(15-10-11-18(27)17(26)12-15)32(19-9-5-8-16(25)20(19)28)23(29-21)14-6-3-2-4-7-14/h2-12H,1H3. The molecule has 3 aromatic carbocycles. The van der Waals surface area contributed by atoms with Gasteiger partial charge < -0.3 is 4.42 Å². The quantitative estimate of drug-likeness (QED) is 0.273. The molecule has 0 bridgehead atoms. The molecule has 0 aliphatic heterocycles. The van der Waals surface area contributed by atoms with Crippen LogP contribution in [-0.2, 0) is 0 Å². The van der Waals surface area contributed by atoms with Gasteiger partial charge in [-0.25, -0.2) is 13.8 Å². The molecule has 0 spiro atoms. The van der Waals surface area contributed by atoms with Crippen LogP contribution >= 0.6 is 23.2 Å². The third-order valence-electron chi connectivity index (χ3n) is 5.00. The molecule has 5 nitrogen and oxygen atoms in total. The molecule has 2 aromatic heterocycles. The number of aryl methyl sites for hydroxylation is 1. The Morgan fingerprint density at radius 2 is 1.64 bits per heavy atom. The van der Waals surface area contributed by atoms with E-state index in [1.165, 1.54) is 24.3 Å². The average molecular weight is 483 g/mol. The van der Waals surface area contributed by atoms with E-state index in [9.17, 15) is 4.39 Å². The molecule has 5 aromatic rings. The molecule has 0 aliphatic rings. The monoisotopic (exact) mass is 482 g/mol. The third-order valence-corrected chi connectivity index (χ3v) is 5.58. The molecular weight excluding hydrogens is 469 g/mol. The van der Waals surface area contributed by atoms with Crippen molar-refractivity contribution in [1.29, 1.82) is 0 Å². The van der Waals surface area contributed by atoms with E-state index in [0.717, 1.165) is 0 Å². The Morgan fingerprint density at radius 3 is 2.33 bits per heavy atom. The summed E-state index contributed by atoms with van der Waals surface area (Å²) in [5.74, 6) is -0.368. The van der Waals surface area contributed by atoms with Crippen LogP contribution in [0.1, 0.15) is 5.89 Å². The van der Waals surface area contributed by atoms with E-state index in [1.807, 2.05) is 30.3 Å². The van der Waals surface area contributed by atoms with Gasteiger partial charge >= 0.3 is 0 Å². The highest BCUT2D eigenvalue weighted by molar-refractivity contribution is 6.31. The van der Waals surface area contributed by atoms with E-state index in [1.54, 1.807) is 23.6 Å². The highest BCUT2D eigenvalue weighted by Crippen LogP contribution is 2.40. The summed E-state index contributed by atoms with van der Waals surface area (Å²) in [6, 6.07) is 18.1. The molecule has 0 N–H and O–H groups in total. The van der Waals surface area contributed by atoms with Crippen molar-refractivity contribution in [2.45, 2.75) is 6.92 Å². The highest BCUT2D eigenvalue weighted by atomic mass is 35.5. The SMILES string of the molecule is Cc1nnc(-c2nc(-c3ccccc3)n(-c3cccc(Cl)c3F)c2-c2ccc(F)c(Cl)c2)o1. The van der Waals surface area contributed by atoms with Crippen molar-refractivity contribution in [3.8, 4) is 39.9 Å². The fourth-order valence-electron chi connectivity index (χ4n) is 3.55. The first-order valence-corrected chi connectivity index (χ1v) is 10.6. The third kappa shape index (κ3) is 3.79. The van der Waals surface area contributed by atoms with Crippen LogP contribution in [0.25, 0.3) is 39.9 Å². The smallest absolute Gasteiger partial charge is 0.268 e. The Kier molecular flexibility index (Phi) is 5.44. The van der Waals surface area contributed by atoms with Gasteiger partial charge in [-0.05, 0) is 30.3 Å². The fraction of sp³-hybridized carbons (Fsp3) is 0.0417. The molecule has 0 amide bonds. The van der Waals surface area contributed by atoms with Gasteiger partial charge in [0.25, 0.3) is 5.89 Å². The van der Waals surface area contributed by atoms with Gasteiger partial charge in [-0.15, -0.1) is 10.2 Å². The number of nitrogens with zero attached hydrogens (tertiary/aromatic N) is 4. The molecule has 0 unspecified atom stereocenters. The second kappa shape index (κ2) is 8.42. The lowest BCUT2D eigenvalue weighted by atomic mass is 10.1. The molecule has 33 heavy (non-hydrogen) atoms. The molecule has 2 heterocycles. The summed E-state index contributed by atoms with van der Waals surface area (Å²) in [4.78, 5) is 4.76. The second-order valence-electron chi connectivity index (χ2n) is 7.16. The first-order chi connectivity index (χ1) is 15.9. The Bertz CT molecular complexity index is 1480. The normalized spacial score (nSPS) is 11.2. The Labute approximate surface area is 197 Å². The summed E-state index contributed by atoms with van der Waals surface area (Å²) < 4.78 is 36.5. The maximum atomic E-state index is 15.3. The van der Waals surface area contributed by atoms with Crippen LogP contribution in [0.2, 0.25) is 10.0 Å². The first kappa shape index (κ1) is 21.3. The maximum Gasteiger partial charge on any atom is 0.268 e.